The number of amides is 5. The van der Waals surface area contributed by atoms with E-state index in [9.17, 15) is 57.6 Å². The van der Waals surface area contributed by atoms with Gasteiger partial charge in [0.05, 0.1) is 118 Å². The van der Waals surface area contributed by atoms with Crippen LogP contribution >= 0.6 is 70.6 Å². The van der Waals surface area contributed by atoms with Gasteiger partial charge in [-0.05, 0) is 155 Å². The Labute approximate surface area is 701 Å². The lowest BCUT2D eigenvalue weighted by molar-refractivity contribution is -0.135. The molecular formula is C80H152N6O20P2S5. The van der Waals surface area contributed by atoms with Crippen LogP contribution in [0.2, 0.25) is 0 Å². The minimum absolute atomic E-state index is 0. The summed E-state index contributed by atoms with van der Waals surface area (Å²) in [4.78, 5) is 118. The summed E-state index contributed by atoms with van der Waals surface area (Å²) in [5.41, 5.74) is 0. The van der Waals surface area contributed by atoms with Crippen LogP contribution in [0.1, 0.15) is 255 Å². The third-order valence-corrected chi connectivity index (χ3v) is 27.4. The molecule has 662 valence electrons. The molecular weight excluding hydrogens is 1590 g/mol. The lowest BCUT2D eigenvalue weighted by Gasteiger charge is -2.26. The summed E-state index contributed by atoms with van der Waals surface area (Å²) in [6.45, 7) is 42.0. The van der Waals surface area contributed by atoms with Crippen LogP contribution in [0.3, 0.4) is 0 Å². The van der Waals surface area contributed by atoms with Crippen molar-refractivity contribution in [1.29, 1.82) is 0 Å². The van der Waals surface area contributed by atoms with E-state index in [1.165, 1.54) is 17.7 Å². The minimum Gasteiger partial charge on any atom is -0.391 e. The number of likely N-dealkylation sites (tertiary alicyclic amines) is 5. The van der Waals surface area contributed by atoms with Gasteiger partial charge in [0, 0.05) is 107 Å². The number of nitrogens with one attached hydrogen (secondary N) is 1. The van der Waals surface area contributed by atoms with Crippen LogP contribution in [0.25, 0.3) is 0 Å². The van der Waals surface area contributed by atoms with Crippen LogP contribution in [0.5, 0.6) is 0 Å². The summed E-state index contributed by atoms with van der Waals surface area (Å²) >= 11 is 1.83. The third kappa shape index (κ3) is 46.9. The number of phosphoric acid groups is 2. The van der Waals surface area contributed by atoms with Crippen molar-refractivity contribution in [2.45, 2.75) is 345 Å². The number of carbonyl (C=O) groups is 7. The number of ketones is 2. The molecule has 5 fully saturated rings. The second kappa shape index (κ2) is 57.7. The average molecular weight is 1740 g/mol. The summed E-state index contributed by atoms with van der Waals surface area (Å²) in [5.74, 6) is 5.76. The number of phosphoric ester groups is 2. The number of aliphatic hydroxyl groups excluding tert-OH is 1. The van der Waals surface area contributed by atoms with E-state index in [0.29, 0.717) is 113 Å². The predicted octanol–water partition coefficient (Wildman–Crippen LogP) is 14.7. The number of thioether (sulfide) groups is 1. The van der Waals surface area contributed by atoms with Crippen LogP contribution in [0.15, 0.2) is 0 Å². The first-order valence-corrected chi connectivity index (χ1v) is 50.5. The van der Waals surface area contributed by atoms with Crippen LogP contribution in [0, 0.1) is 23.7 Å². The zero-order valence-electron chi connectivity index (χ0n) is 71.5. The van der Waals surface area contributed by atoms with E-state index in [4.69, 9.17) is 37.0 Å². The monoisotopic (exact) mass is 1740 g/mol. The van der Waals surface area contributed by atoms with Gasteiger partial charge in [-0.2, -0.15) is 11.8 Å². The number of rotatable bonds is 53. The highest BCUT2D eigenvalue weighted by atomic mass is 33.1. The van der Waals surface area contributed by atoms with Gasteiger partial charge in [-0.15, -0.1) is 0 Å². The Kier molecular flexibility index (Phi) is 54.8. The smallest absolute Gasteiger partial charge is 0.391 e. The molecule has 5 aliphatic heterocycles. The van der Waals surface area contributed by atoms with Crippen molar-refractivity contribution in [3.05, 3.63) is 0 Å². The molecule has 0 radical (unpaired) electrons. The Morgan fingerprint density at radius 3 is 1.37 bits per heavy atom. The summed E-state index contributed by atoms with van der Waals surface area (Å²) < 4.78 is 71.1. The van der Waals surface area contributed by atoms with Crippen LogP contribution < -0.4 is 5.32 Å². The molecule has 33 heteroatoms. The van der Waals surface area contributed by atoms with Gasteiger partial charge in [-0.25, -0.2) is 9.13 Å². The first-order chi connectivity index (χ1) is 52.6. The second-order valence-electron chi connectivity index (χ2n) is 33.3. The highest BCUT2D eigenvalue weighted by Crippen LogP contribution is 2.49. The SMILES string of the molecule is C.CC(C)CCC(=O)N1C[C@H](C)C[C@H]1COP(=O)(O)O[C@@H]1C[C@@H](COC(C)C)N(C(=O)CCCSC(C)C)C1.CC(C)CCCSSCC(=O)N1C[C@H](OC(C)C)C[C@H]1COC(C)C.CC(C)NCCCC(=O)CCC(=O)N1C[C@H](O)C[C@H]1COP(=O)(O)O[C@@H]1C[C@@H](COC(C)C)N(C(=O)CCCSSCCC(=O)C(C)C)C1. The first-order valence-electron chi connectivity index (χ1n) is 41.5. The molecule has 0 aromatic carbocycles. The van der Waals surface area contributed by atoms with Crippen molar-refractivity contribution in [2.24, 2.45) is 23.7 Å². The Balaban J connectivity index is 0.000000602. The van der Waals surface area contributed by atoms with E-state index >= 15 is 0 Å². The summed E-state index contributed by atoms with van der Waals surface area (Å²) in [6, 6.07) is -0.938. The van der Waals surface area contributed by atoms with E-state index in [1.807, 2.05) is 111 Å². The number of carbonyl (C=O) groups excluding carboxylic acids is 7. The molecule has 0 saturated carbocycles. The first kappa shape index (κ1) is 107. The quantitative estimate of drug-likeness (QED) is 0.0250. The van der Waals surface area contributed by atoms with Crippen molar-refractivity contribution in [3.8, 4) is 0 Å². The fourth-order valence-electron chi connectivity index (χ4n) is 13.5. The Morgan fingerprint density at radius 2 is 0.876 bits per heavy atom. The van der Waals surface area contributed by atoms with E-state index in [2.05, 4.69) is 53.8 Å². The van der Waals surface area contributed by atoms with Crippen LogP contribution in [0.4, 0.5) is 0 Å². The summed E-state index contributed by atoms with van der Waals surface area (Å²) in [6.07, 6.45) is 8.43. The van der Waals surface area contributed by atoms with Crippen molar-refractivity contribution < 1.29 is 94.6 Å². The molecule has 5 aliphatic rings. The lowest BCUT2D eigenvalue weighted by atomic mass is 10.1. The Hall–Kier alpha value is -1.58. The normalized spacial score (nSPS) is 23.0. The maximum Gasteiger partial charge on any atom is 0.472 e. The average Bonchev–Trinajstić information content (AvgIpc) is 1.69. The van der Waals surface area contributed by atoms with Gasteiger partial charge in [0.25, 0.3) is 0 Å². The largest absolute Gasteiger partial charge is 0.472 e. The highest BCUT2D eigenvalue weighted by Gasteiger charge is 2.44. The van der Waals surface area contributed by atoms with Gasteiger partial charge < -0.3 is 63.7 Å². The molecule has 2 unspecified atom stereocenters. The molecule has 0 aliphatic carbocycles. The molecule has 4 N–H and O–H groups in total. The standard InChI is InChI=1S/C33H60N3O10PS2.C27H51N2O7PS.C19H37NO3S2.CH4/c1-23(2)31(39)13-16-49-48-15-8-10-32(40)36-20-30(18-27(36)21-44-25(5)6)46-47(42,43)45-22-26-17-29(38)19-35(26)33(41)12-11-28(37)9-7-14-34-24(3)4;1-19(2)10-11-27(31)28-15-22(7)13-23(28)18-35-37(32,33)36-25-14-24(17-34-20(3)4)29(16-25)26(30)9-8-12-38-21(5)6;1-14(2)8-7-9-24-25-13-19(21)20-11-18(23-16(5)6)10-17(20)12-22-15(3)4;/h23-27,29-30,34,38H,7-22H2,1-6H3,(H,42,43);19-25H,8-18H2,1-7H3,(H,32,33);14-18H,7-13H2,1-6H3;1H4/t26-,27-,29+,30+;22-,23+,24+,25-;17-,18+;/m010./s1. The molecule has 5 saturated heterocycles. The molecule has 5 amide bonds. The van der Waals surface area contributed by atoms with Crippen molar-refractivity contribution in [1.82, 2.24) is 29.8 Å². The zero-order chi connectivity index (χ0) is 83.8. The molecule has 0 aromatic rings. The maximum absolute atomic E-state index is 13.2. The zero-order valence-corrected chi connectivity index (χ0v) is 77.3. The number of hydrogen-bond donors (Lipinski definition) is 4. The molecule has 0 spiro atoms. The maximum atomic E-state index is 13.2. The van der Waals surface area contributed by atoms with Crippen molar-refractivity contribution in [2.75, 3.05) is 101 Å². The second-order valence-corrected chi connectivity index (χ2v) is 43.1. The van der Waals surface area contributed by atoms with Gasteiger partial charge in [-0.3, -0.25) is 51.7 Å². The number of nitrogens with zero attached hydrogens (tertiary/aromatic N) is 5. The summed E-state index contributed by atoms with van der Waals surface area (Å²) in [5, 5.41) is 14.0. The highest BCUT2D eigenvalue weighted by molar-refractivity contribution is 8.77. The molecule has 5 heterocycles. The van der Waals surface area contributed by atoms with Gasteiger partial charge in [-0.1, -0.05) is 133 Å². The Morgan fingerprint density at radius 1 is 0.442 bits per heavy atom. The number of ether oxygens (including phenoxy) is 4. The minimum atomic E-state index is -4.58. The van der Waals surface area contributed by atoms with E-state index in [1.54, 1.807) is 47.1 Å². The van der Waals surface area contributed by atoms with Crippen molar-refractivity contribution in [3.63, 3.8) is 0 Å². The van der Waals surface area contributed by atoms with Gasteiger partial charge >= 0.3 is 15.6 Å². The van der Waals surface area contributed by atoms with E-state index in [0.717, 1.165) is 61.2 Å². The summed E-state index contributed by atoms with van der Waals surface area (Å²) in [7, 11) is -2.19. The number of Topliss-reactive ketones (excluding diaryl/α,β-unsaturated/α-hetero) is 2. The molecule has 0 aromatic heterocycles. The van der Waals surface area contributed by atoms with Crippen molar-refractivity contribution >= 4 is 112 Å². The molecule has 0 bridgehead atoms. The fraction of sp³-hybridized carbons (Fsp3) is 0.912. The topological polar surface area (TPSA) is 316 Å². The van der Waals surface area contributed by atoms with Gasteiger partial charge in [0.15, 0.2) is 0 Å². The molecule has 5 rings (SSSR count). The Bertz CT molecular complexity index is 2820. The number of β-amino-alcohol motifs (C(OH)–C–C–N with tert-alkyl or cyclic N) is 1. The third-order valence-electron chi connectivity index (χ3n) is 19.3. The molecule has 12 atom stereocenters. The predicted molar refractivity (Wildman–Crippen MR) is 462 cm³/mol. The van der Waals surface area contributed by atoms with E-state index in [-0.39, 0.29) is 168 Å². The lowest BCUT2D eigenvalue weighted by Crippen LogP contribution is -2.40. The van der Waals surface area contributed by atoms with Gasteiger partial charge in [0.2, 0.25) is 29.5 Å². The van der Waals surface area contributed by atoms with Crippen LogP contribution in [-0.2, 0) is 79.7 Å². The van der Waals surface area contributed by atoms with Crippen LogP contribution in [-0.4, -0.2) is 272 Å². The number of aliphatic hydroxyl groups is 1. The molecule has 113 heavy (non-hydrogen) atoms. The fourth-order valence-corrected chi connectivity index (χ4v) is 20.3. The van der Waals surface area contributed by atoms with E-state index < -0.39 is 40.0 Å². The molecule has 26 nitrogen and oxygen atoms in total. The number of hydrogen-bond acceptors (Lipinski definition) is 24. The van der Waals surface area contributed by atoms with Gasteiger partial charge in [0.1, 0.15) is 11.6 Å².